The highest BCUT2D eigenvalue weighted by Crippen LogP contribution is 2.65. The molecule has 0 spiro atoms. The van der Waals surface area contributed by atoms with Crippen molar-refractivity contribution in [2.24, 2.45) is 5.92 Å². The van der Waals surface area contributed by atoms with Crippen molar-refractivity contribution in [1.82, 2.24) is 0 Å². The van der Waals surface area contributed by atoms with Gasteiger partial charge in [-0.05, 0) is 38.3 Å². The Morgan fingerprint density at radius 2 is 1.96 bits per heavy atom. The molecule has 5 nitrogen and oxygen atoms in total. The molecular formula is C16H23O5PS. The monoisotopic (exact) mass is 358 g/mol. The summed E-state index contributed by atoms with van der Waals surface area (Å²) in [5, 5.41) is -0.719. The fraction of sp³-hybridized carbons (Fsp3) is 0.625. The van der Waals surface area contributed by atoms with Crippen molar-refractivity contribution in [3.8, 4) is 0 Å². The smallest absolute Gasteiger partial charge is 0.309 e. The molecular weight excluding hydrogens is 335 g/mol. The third kappa shape index (κ3) is 2.91. The Morgan fingerprint density at radius 1 is 1.26 bits per heavy atom. The lowest BCUT2D eigenvalue weighted by Gasteiger charge is -2.41. The quantitative estimate of drug-likeness (QED) is 0.769. The van der Waals surface area contributed by atoms with Gasteiger partial charge in [0.25, 0.3) is 0 Å². The molecule has 0 unspecified atom stereocenters. The molecule has 23 heavy (non-hydrogen) atoms. The van der Waals surface area contributed by atoms with Crippen LogP contribution in [0.25, 0.3) is 0 Å². The van der Waals surface area contributed by atoms with Crippen molar-refractivity contribution in [2.45, 2.75) is 55.0 Å². The van der Waals surface area contributed by atoms with Gasteiger partial charge in [-0.25, -0.2) is 8.42 Å². The fourth-order valence-corrected chi connectivity index (χ4v) is 9.48. The van der Waals surface area contributed by atoms with Gasteiger partial charge in [0.1, 0.15) is 0 Å². The molecule has 0 N–H and O–H groups in total. The van der Waals surface area contributed by atoms with Crippen LogP contribution in [0.3, 0.4) is 0 Å². The van der Waals surface area contributed by atoms with Crippen LogP contribution in [0.4, 0.5) is 0 Å². The lowest BCUT2D eigenvalue weighted by Crippen LogP contribution is -2.47. The van der Waals surface area contributed by atoms with Gasteiger partial charge in [-0.2, -0.15) is 0 Å². The molecule has 128 valence electrons. The highest BCUT2D eigenvalue weighted by Gasteiger charge is 2.57. The van der Waals surface area contributed by atoms with Gasteiger partial charge in [0.05, 0.1) is 28.5 Å². The highest BCUT2D eigenvalue weighted by atomic mass is 32.2. The molecule has 1 aromatic carbocycles. The van der Waals surface area contributed by atoms with Gasteiger partial charge >= 0.3 is 7.60 Å². The summed E-state index contributed by atoms with van der Waals surface area (Å²) in [5.41, 5.74) is -0.582. The molecule has 0 radical (unpaired) electrons. The third-order valence-electron chi connectivity index (χ3n) is 4.90. The van der Waals surface area contributed by atoms with E-state index in [0.717, 1.165) is 12.8 Å². The summed E-state index contributed by atoms with van der Waals surface area (Å²) in [6.07, 6.45) is 1.79. The Labute approximate surface area is 137 Å². The van der Waals surface area contributed by atoms with Crippen molar-refractivity contribution in [1.29, 1.82) is 0 Å². The molecule has 3 fully saturated rings. The molecule has 1 saturated carbocycles. The summed E-state index contributed by atoms with van der Waals surface area (Å²) in [4.78, 5) is 0.285. The van der Waals surface area contributed by atoms with Gasteiger partial charge in [-0.15, -0.1) is 0 Å². The Kier molecular flexibility index (Phi) is 4.71. The maximum atomic E-state index is 13.2. The topological polar surface area (TPSA) is 69.7 Å². The predicted molar refractivity (Wildman–Crippen MR) is 88.3 cm³/mol. The second-order valence-electron chi connectivity index (χ2n) is 6.28. The zero-order valence-corrected chi connectivity index (χ0v) is 15.1. The predicted octanol–water partition coefficient (Wildman–Crippen LogP) is 3.65. The molecule has 2 bridgehead atoms. The third-order valence-corrected chi connectivity index (χ3v) is 10.1. The summed E-state index contributed by atoms with van der Waals surface area (Å²) >= 11 is 0. The molecule has 2 saturated heterocycles. The Bertz CT molecular complexity index is 702. The summed E-state index contributed by atoms with van der Waals surface area (Å²) in [5.74, 6) is -0.199. The van der Waals surface area contributed by atoms with Crippen molar-refractivity contribution in [3.05, 3.63) is 30.3 Å². The van der Waals surface area contributed by atoms with Crippen LogP contribution >= 0.6 is 7.60 Å². The summed E-state index contributed by atoms with van der Waals surface area (Å²) in [6, 6.07) is 8.42. The van der Waals surface area contributed by atoms with E-state index in [1.807, 2.05) is 6.92 Å². The van der Waals surface area contributed by atoms with Gasteiger partial charge in [0, 0.05) is 5.92 Å². The Hall–Kier alpha value is -0.680. The number of benzene rings is 1. The van der Waals surface area contributed by atoms with Gasteiger partial charge in [-0.3, -0.25) is 4.57 Å². The maximum absolute atomic E-state index is 13.2. The second-order valence-corrected chi connectivity index (χ2v) is 10.6. The lowest BCUT2D eigenvalue weighted by molar-refractivity contribution is 0.0841. The normalized spacial score (nSPS) is 37.5. The van der Waals surface area contributed by atoms with Crippen LogP contribution in [0.2, 0.25) is 0 Å². The van der Waals surface area contributed by atoms with Gasteiger partial charge in [-0.1, -0.05) is 25.1 Å². The minimum absolute atomic E-state index is 0.199. The van der Waals surface area contributed by atoms with Gasteiger partial charge in [0.2, 0.25) is 0 Å². The largest absolute Gasteiger partial charge is 0.335 e. The summed E-state index contributed by atoms with van der Waals surface area (Å²) < 4.78 is 50.8. The zero-order valence-electron chi connectivity index (χ0n) is 13.4. The van der Waals surface area contributed by atoms with Gasteiger partial charge in [0.15, 0.2) is 9.84 Å². The second kappa shape index (κ2) is 6.32. The summed E-state index contributed by atoms with van der Waals surface area (Å²) in [7, 11) is -6.99. The van der Waals surface area contributed by atoms with Crippen molar-refractivity contribution in [2.75, 3.05) is 6.61 Å². The molecule has 1 aliphatic carbocycles. The number of rotatable bonds is 4. The Balaban J connectivity index is 2.08. The fourth-order valence-electron chi connectivity index (χ4n) is 3.83. The van der Waals surface area contributed by atoms with E-state index in [4.69, 9.17) is 9.05 Å². The molecule has 2 aliphatic heterocycles. The molecule has 1 aromatic rings. The van der Waals surface area contributed by atoms with E-state index in [1.54, 1.807) is 37.3 Å². The molecule has 5 atom stereocenters. The minimum atomic E-state index is -3.59. The van der Waals surface area contributed by atoms with E-state index < -0.39 is 28.3 Å². The standard InChI is InChI=1S/C16H23O5PS/c1-3-20-22(17)15-11-7-10-14(21-22)12(2)16(15)23(18,19)13-8-5-4-6-9-13/h4-6,8-9,12,14-16H,3,7,10-11H2,1-2H3/t12-,14+,15-,16+,22+/m1/s1. The van der Waals surface area contributed by atoms with E-state index in [2.05, 4.69) is 0 Å². The van der Waals surface area contributed by atoms with Crippen molar-refractivity contribution in [3.63, 3.8) is 0 Å². The van der Waals surface area contributed by atoms with E-state index in [1.165, 1.54) is 0 Å². The van der Waals surface area contributed by atoms with E-state index in [0.29, 0.717) is 6.42 Å². The average Bonchev–Trinajstić information content (AvgIpc) is 2.78. The van der Waals surface area contributed by atoms with E-state index >= 15 is 0 Å². The summed E-state index contributed by atoms with van der Waals surface area (Å²) in [6.45, 7) is 3.91. The number of hydrogen-bond donors (Lipinski definition) is 0. The Morgan fingerprint density at radius 3 is 2.61 bits per heavy atom. The van der Waals surface area contributed by atoms with Crippen LogP contribution in [0.15, 0.2) is 35.2 Å². The van der Waals surface area contributed by atoms with Crippen molar-refractivity contribution < 1.29 is 22.0 Å². The molecule has 0 amide bonds. The van der Waals surface area contributed by atoms with Crippen molar-refractivity contribution >= 4 is 17.4 Å². The molecule has 2 heterocycles. The number of sulfone groups is 1. The maximum Gasteiger partial charge on any atom is 0.335 e. The number of hydrogen-bond acceptors (Lipinski definition) is 5. The van der Waals surface area contributed by atoms with Crippen LogP contribution in [-0.4, -0.2) is 32.0 Å². The average molecular weight is 358 g/mol. The van der Waals surface area contributed by atoms with E-state index in [-0.39, 0.29) is 23.5 Å². The molecule has 4 rings (SSSR count). The highest BCUT2D eigenvalue weighted by molar-refractivity contribution is 7.92. The van der Waals surface area contributed by atoms with Crippen LogP contribution in [0, 0.1) is 5.92 Å². The number of fused-ring (bicyclic) bond motifs is 4. The van der Waals surface area contributed by atoms with Crippen LogP contribution in [0.5, 0.6) is 0 Å². The first-order chi connectivity index (χ1) is 10.9. The van der Waals surface area contributed by atoms with Crippen LogP contribution < -0.4 is 0 Å². The van der Waals surface area contributed by atoms with Crippen LogP contribution in [0.1, 0.15) is 33.1 Å². The molecule has 7 heteroatoms. The lowest BCUT2D eigenvalue weighted by atomic mass is 9.99. The SMILES string of the molecule is CCO[P@]1(=O)O[C@H]2CCC[C@@H]1[C@@H](S(=O)(=O)c1ccccc1)[C@@H]2C. The molecule has 0 aromatic heterocycles. The minimum Gasteiger partial charge on any atom is -0.309 e. The first-order valence-electron chi connectivity index (χ1n) is 8.12. The first-order valence-corrected chi connectivity index (χ1v) is 11.3. The zero-order chi connectivity index (χ0) is 16.7. The van der Waals surface area contributed by atoms with E-state index in [9.17, 15) is 13.0 Å². The molecule has 3 aliphatic rings. The first kappa shape index (κ1) is 17.2. The van der Waals surface area contributed by atoms with Gasteiger partial charge < -0.3 is 9.05 Å². The van der Waals surface area contributed by atoms with Crippen LogP contribution in [-0.2, 0) is 23.4 Å².